The quantitative estimate of drug-likeness (QED) is 0.355. The number of carboxylic acids is 1. The molecule has 2 atom stereocenters. The summed E-state index contributed by atoms with van der Waals surface area (Å²) < 4.78 is 5.50. The molecule has 1 unspecified atom stereocenters. The van der Waals surface area contributed by atoms with Gasteiger partial charge in [-0.25, -0.2) is 14.6 Å². The van der Waals surface area contributed by atoms with E-state index in [2.05, 4.69) is 44.9 Å². The average molecular weight is 477 g/mol. The molecule has 0 saturated heterocycles. The van der Waals surface area contributed by atoms with Gasteiger partial charge in [0.05, 0.1) is 6.33 Å². The fourth-order valence-corrected chi connectivity index (χ4v) is 4.30. The lowest BCUT2D eigenvalue weighted by Gasteiger charge is -2.18. The summed E-state index contributed by atoms with van der Waals surface area (Å²) in [6, 6.07) is 15.1. The highest BCUT2D eigenvalue weighted by Crippen LogP contribution is 2.44. The number of fused-ring (bicyclic) bond motifs is 3. The van der Waals surface area contributed by atoms with Gasteiger partial charge in [-0.1, -0.05) is 55.5 Å². The normalized spacial score (nSPS) is 13.9. The van der Waals surface area contributed by atoms with Crippen LogP contribution in [0.25, 0.3) is 11.1 Å². The van der Waals surface area contributed by atoms with E-state index in [0.717, 1.165) is 22.3 Å². The summed E-state index contributed by atoms with van der Waals surface area (Å²) in [5.74, 6) is -2.05. The molecular formula is C26H28N4O5. The Morgan fingerprint density at radius 2 is 1.74 bits per heavy atom. The number of aromatic amines is 1. The molecule has 1 heterocycles. The van der Waals surface area contributed by atoms with Gasteiger partial charge in [-0.15, -0.1) is 0 Å². The first-order valence-corrected chi connectivity index (χ1v) is 11.5. The highest BCUT2D eigenvalue weighted by molar-refractivity contribution is 5.85. The number of alkyl carbamates (subject to hydrolysis) is 1. The summed E-state index contributed by atoms with van der Waals surface area (Å²) in [7, 11) is 0. The predicted octanol–water partition coefficient (Wildman–Crippen LogP) is 3.09. The molecule has 3 aromatic rings. The van der Waals surface area contributed by atoms with Crippen LogP contribution in [0.15, 0.2) is 61.1 Å². The van der Waals surface area contributed by atoms with E-state index in [1.54, 1.807) is 6.92 Å². The van der Waals surface area contributed by atoms with Crippen LogP contribution in [-0.2, 0) is 20.7 Å². The van der Waals surface area contributed by atoms with Crippen LogP contribution < -0.4 is 10.6 Å². The summed E-state index contributed by atoms with van der Waals surface area (Å²) in [5, 5.41) is 14.6. The molecule has 0 aliphatic heterocycles. The third-order valence-corrected chi connectivity index (χ3v) is 6.23. The first kappa shape index (κ1) is 24.0. The predicted molar refractivity (Wildman–Crippen MR) is 129 cm³/mol. The Hall–Kier alpha value is -4.14. The zero-order valence-electron chi connectivity index (χ0n) is 19.4. The third-order valence-electron chi connectivity index (χ3n) is 6.23. The van der Waals surface area contributed by atoms with Crippen LogP contribution in [0.5, 0.6) is 0 Å². The smallest absolute Gasteiger partial charge is 0.407 e. The molecule has 0 radical (unpaired) electrons. The van der Waals surface area contributed by atoms with E-state index < -0.39 is 29.9 Å². The van der Waals surface area contributed by atoms with Gasteiger partial charge < -0.3 is 25.5 Å². The van der Waals surface area contributed by atoms with Crippen molar-refractivity contribution >= 4 is 18.0 Å². The molecule has 1 aliphatic carbocycles. The number of carbonyl (C=O) groups is 3. The van der Waals surface area contributed by atoms with Crippen LogP contribution >= 0.6 is 0 Å². The average Bonchev–Trinajstić information content (AvgIpc) is 3.48. The lowest BCUT2D eigenvalue weighted by molar-refractivity contribution is -0.142. The van der Waals surface area contributed by atoms with Crippen molar-refractivity contribution in [3.8, 4) is 11.1 Å². The van der Waals surface area contributed by atoms with Gasteiger partial charge in [0.2, 0.25) is 5.91 Å². The molecule has 0 saturated carbocycles. The van der Waals surface area contributed by atoms with Crippen LogP contribution in [-0.4, -0.2) is 52.2 Å². The Balaban J connectivity index is 1.23. The molecule has 9 nitrogen and oxygen atoms in total. The van der Waals surface area contributed by atoms with Gasteiger partial charge >= 0.3 is 12.1 Å². The number of nitrogens with zero attached hydrogens (tertiary/aromatic N) is 1. The number of benzene rings is 2. The third kappa shape index (κ3) is 5.68. The molecule has 2 amide bonds. The SMILES string of the molecule is CC(CCNC(=O)OCC1c2ccccc2-c2ccccc21)C(=O)N[C@H](Cc1cnc[nH]1)C(=O)O. The molecule has 0 fully saturated rings. The molecule has 1 aromatic heterocycles. The Morgan fingerprint density at radius 1 is 1.09 bits per heavy atom. The summed E-state index contributed by atoms with van der Waals surface area (Å²) >= 11 is 0. The largest absolute Gasteiger partial charge is 0.480 e. The maximum Gasteiger partial charge on any atom is 0.407 e. The first-order valence-electron chi connectivity index (χ1n) is 11.5. The summed E-state index contributed by atoms with van der Waals surface area (Å²) in [5.41, 5.74) is 5.19. The summed E-state index contributed by atoms with van der Waals surface area (Å²) in [6.45, 7) is 2.12. The topological polar surface area (TPSA) is 133 Å². The van der Waals surface area contributed by atoms with Crippen LogP contribution in [0, 0.1) is 5.92 Å². The second kappa shape index (κ2) is 10.9. The molecule has 0 bridgehead atoms. The van der Waals surface area contributed by atoms with Crippen LogP contribution in [0.2, 0.25) is 0 Å². The Bertz CT molecular complexity index is 1150. The van der Waals surface area contributed by atoms with Crippen molar-refractivity contribution in [2.75, 3.05) is 13.2 Å². The number of carboxylic acid groups (broad SMARTS) is 1. The van der Waals surface area contributed by atoms with Crippen LogP contribution in [0.4, 0.5) is 4.79 Å². The number of aromatic nitrogens is 2. The van der Waals surface area contributed by atoms with Gasteiger partial charge in [-0.05, 0) is 28.7 Å². The standard InChI is InChI=1S/C26H28N4O5/c1-16(24(31)30-23(25(32)33)12-17-13-27-15-29-17)10-11-28-26(34)35-14-22-20-8-4-2-6-18(20)19-7-3-5-9-21(19)22/h2-9,13,15-16,22-23H,10-12,14H2,1H3,(H,27,29)(H,28,34)(H,30,31)(H,32,33)/t16?,23-/m1/s1. The highest BCUT2D eigenvalue weighted by atomic mass is 16.5. The maximum absolute atomic E-state index is 12.5. The van der Waals surface area contributed by atoms with Gasteiger partial charge in [-0.3, -0.25) is 4.79 Å². The molecule has 182 valence electrons. The van der Waals surface area contributed by atoms with E-state index in [-0.39, 0.29) is 25.5 Å². The lowest BCUT2D eigenvalue weighted by Crippen LogP contribution is -2.45. The fraction of sp³-hybridized carbons (Fsp3) is 0.308. The number of carbonyl (C=O) groups excluding carboxylic acids is 2. The van der Waals surface area contributed by atoms with Crippen molar-refractivity contribution in [1.29, 1.82) is 0 Å². The number of imidazole rings is 1. The van der Waals surface area contributed by atoms with E-state index in [1.807, 2.05) is 24.3 Å². The van der Waals surface area contributed by atoms with Gasteiger partial charge in [0, 0.05) is 36.7 Å². The number of amides is 2. The van der Waals surface area contributed by atoms with Gasteiger partial charge in [0.1, 0.15) is 12.6 Å². The minimum Gasteiger partial charge on any atom is -0.480 e. The van der Waals surface area contributed by atoms with E-state index in [0.29, 0.717) is 12.1 Å². The Morgan fingerprint density at radius 3 is 2.34 bits per heavy atom. The monoisotopic (exact) mass is 476 g/mol. The minimum atomic E-state index is -1.13. The molecule has 4 N–H and O–H groups in total. The molecular weight excluding hydrogens is 448 g/mol. The minimum absolute atomic E-state index is 0.0272. The molecule has 0 spiro atoms. The Labute approximate surface area is 202 Å². The molecule has 1 aliphatic rings. The molecule has 35 heavy (non-hydrogen) atoms. The second-order valence-electron chi connectivity index (χ2n) is 8.62. The number of H-pyrrole nitrogens is 1. The number of rotatable bonds is 10. The van der Waals surface area contributed by atoms with Crippen molar-refractivity contribution < 1.29 is 24.2 Å². The van der Waals surface area contributed by atoms with Crippen molar-refractivity contribution in [2.24, 2.45) is 5.92 Å². The first-order chi connectivity index (χ1) is 16.9. The number of ether oxygens (including phenoxy) is 1. The molecule has 4 rings (SSSR count). The van der Waals surface area contributed by atoms with Crippen LogP contribution in [0.3, 0.4) is 0 Å². The zero-order chi connectivity index (χ0) is 24.8. The van der Waals surface area contributed by atoms with Gasteiger partial charge in [-0.2, -0.15) is 0 Å². The van der Waals surface area contributed by atoms with Gasteiger partial charge in [0.15, 0.2) is 0 Å². The van der Waals surface area contributed by atoms with E-state index in [1.165, 1.54) is 12.5 Å². The van der Waals surface area contributed by atoms with Crippen molar-refractivity contribution in [1.82, 2.24) is 20.6 Å². The molecule has 2 aromatic carbocycles. The van der Waals surface area contributed by atoms with Crippen molar-refractivity contribution in [2.45, 2.75) is 31.7 Å². The lowest BCUT2D eigenvalue weighted by atomic mass is 9.98. The number of nitrogens with one attached hydrogen (secondary N) is 3. The zero-order valence-corrected chi connectivity index (χ0v) is 19.4. The van der Waals surface area contributed by atoms with Gasteiger partial charge in [0.25, 0.3) is 0 Å². The van der Waals surface area contributed by atoms with E-state index >= 15 is 0 Å². The number of hydrogen-bond acceptors (Lipinski definition) is 5. The summed E-state index contributed by atoms with van der Waals surface area (Å²) in [6.07, 6.45) is 2.86. The van der Waals surface area contributed by atoms with Crippen molar-refractivity contribution in [3.63, 3.8) is 0 Å². The van der Waals surface area contributed by atoms with E-state index in [9.17, 15) is 19.5 Å². The highest BCUT2D eigenvalue weighted by Gasteiger charge is 2.29. The second-order valence-corrected chi connectivity index (χ2v) is 8.62. The van der Waals surface area contributed by atoms with Crippen molar-refractivity contribution in [3.05, 3.63) is 77.9 Å². The molecule has 9 heteroatoms. The fourth-order valence-electron chi connectivity index (χ4n) is 4.30. The Kier molecular flexibility index (Phi) is 7.45. The number of aliphatic carboxylic acids is 1. The number of hydrogen-bond donors (Lipinski definition) is 4. The maximum atomic E-state index is 12.5. The summed E-state index contributed by atoms with van der Waals surface area (Å²) in [4.78, 5) is 42.9. The van der Waals surface area contributed by atoms with Crippen LogP contribution in [0.1, 0.15) is 36.1 Å². The van der Waals surface area contributed by atoms with E-state index in [4.69, 9.17) is 4.74 Å².